The highest BCUT2D eigenvalue weighted by molar-refractivity contribution is 5.84. The normalized spacial score (nSPS) is 12.3. The van der Waals surface area contributed by atoms with Gasteiger partial charge in [-0.2, -0.15) is 0 Å². The number of hydrogen-bond donors (Lipinski definition) is 2. The van der Waals surface area contributed by atoms with Crippen LogP contribution in [0.15, 0.2) is 42.6 Å². The number of nitrogens with one attached hydrogen (secondary N) is 1. The highest BCUT2D eigenvalue weighted by atomic mass is 16.5. The molecule has 0 aliphatic heterocycles. The fourth-order valence-corrected chi connectivity index (χ4v) is 3.22. The van der Waals surface area contributed by atoms with Gasteiger partial charge in [-0.25, -0.2) is 0 Å². The highest BCUT2D eigenvalue weighted by Gasteiger charge is 2.18. The van der Waals surface area contributed by atoms with Crippen molar-refractivity contribution in [2.75, 3.05) is 20.8 Å². The zero-order valence-corrected chi connectivity index (χ0v) is 14.4. The number of aromatic amines is 1. The van der Waals surface area contributed by atoms with Crippen LogP contribution in [0.5, 0.6) is 11.5 Å². The lowest BCUT2D eigenvalue weighted by atomic mass is 9.91. The van der Waals surface area contributed by atoms with Gasteiger partial charge in [0.2, 0.25) is 0 Å². The summed E-state index contributed by atoms with van der Waals surface area (Å²) in [7, 11) is 3.37. The third-order valence-electron chi connectivity index (χ3n) is 4.55. The molecular formula is C20H24N2O2. The van der Waals surface area contributed by atoms with Gasteiger partial charge in [0.1, 0.15) is 11.5 Å². The summed E-state index contributed by atoms with van der Waals surface area (Å²) >= 11 is 0. The van der Waals surface area contributed by atoms with Crippen molar-refractivity contribution in [1.29, 1.82) is 0 Å². The van der Waals surface area contributed by atoms with Crippen molar-refractivity contribution in [2.24, 2.45) is 5.73 Å². The van der Waals surface area contributed by atoms with Crippen molar-refractivity contribution >= 4 is 10.9 Å². The topological polar surface area (TPSA) is 60.3 Å². The first-order valence-electron chi connectivity index (χ1n) is 8.15. The van der Waals surface area contributed by atoms with Crippen molar-refractivity contribution in [3.63, 3.8) is 0 Å². The summed E-state index contributed by atoms with van der Waals surface area (Å²) in [5, 5.41) is 1.24. The van der Waals surface area contributed by atoms with E-state index in [1.807, 2.05) is 18.2 Å². The summed E-state index contributed by atoms with van der Waals surface area (Å²) in [5.74, 6) is 1.91. The molecule has 0 saturated heterocycles. The second-order valence-electron chi connectivity index (χ2n) is 6.11. The third kappa shape index (κ3) is 3.10. The van der Waals surface area contributed by atoms with Crippen LogP contribution < -0.4 is 15.2 Å². The fraction of sp³-hybridized carbons (Fsp3) is 0.300. The van der Waals surface area contributed by atoms with Crippen LogP contribution in [0.3, 0.4) is 0 Å². The maximum atomic E-state index is 6.12. The van der Waals surface area contributed by atoms with E-state index in [9.17, 15) is 0 Å². The molecule has 0 aliphatic carbocycles. The predicted molar refractivity (Wildman–Crippen MR) is 98.1 cm³/mol. The first-order valence-corrected chi connectivity index (χ1v) is 8.15. The molecular weight excluding hydrogens is 300 g/mol. The molecule has 0 bridgehead atoms. The molecule has 4 nitrogen and oxygen atoms in total. The highest BCUT2D eigenvalue weighted by Crippen LogP contribution is 2.32. The van der Waals surface area contributed by atoms with Crippen molar-refractivity contribution in [1.82, 2.24) is 4.98 Å². The molecule has 3 N–H and O–H groups in total. The smallest absolute Gasteiger partial charge is 0.122 e. The molecule has 0 spiro atoms. The van der Waals surface area contributed by atoms with E-state index in [1.165, 1.54) is 16.5 Å². The van der Waals surface area contributed by atoms with Gasteiger partial charge >= 0.3 is 0 Å². The molecule has 4 heteroatoms. The van der Waals surface area contributed by atoms with Gasteiger partial charge in [0.05, 0.1) is 14.2 Å². The van der Waals surface area contributed by atoms with Crippen molar-refractivity contribution in [3.8, 4) is 11.5 Å². The molecule has 0 radical (unpaired) electrons. The Hall–Kier alpha value is -2.46. The van der Waals surface area contributed by atoms with Crippen molar-refractivity contribution in [2.45, 2.75) is 19.3 Å². The zero-order valence-electron chi connectivity index (χ0n) is 14.4. The molecule has 0 aliphatic rings. The van der Waals surface area contributed by atoms with E-state index < -0.39 is 0 Å². The van der Waals surface area contributed by atoms with Crippen LogP contribution in [0, 0.1) is 6.92 Å². The van der Waals surface area contributed by atoms with Gasteiger partial charge in [0.25, 0.3) is 0 Å². The molecule has 3 aromatic rings. The molecule has 1 aromatic heterocycles. The Kier molecular flexibility index (Phi) is 4.76. The molecule has 24 heavy (non-hydrogen) atoms. The summed E-state index contributed by atoms with van der Waals surface area (Å²) in [6.45, 7) is 2.68. The minimum absolute atomic E-state index is 0.210. The van der Waals surface area contributed by atoms with Gasteiger partial charge in [-0.1, -0.05) is 11.6 Å². The molecule has 0 amide bonds. The molecule has 1 heterocycles. The summed E-state index contributed by atoms with van der Waals surface area (Å²) in [6.07, 6.45) is 2.88. The number of nitrogens with two attached hydrogens (primary N) is 1. The van der Waals surface area contributed by atoms with Gasteiger partial charge in [0.15, 0.2) is 0 Å². The quantitative estimate of drug-likeness (QED) is 0.725. The summed E-state index contributed by atoms with van der Waals surface area (Å²) in [5.41, 5.74) is 10.9. The predicted octanol–water partition coefficient (Wildman–Crippen LogP) is 3.78. The third-order valence-corrected chi connectivity index (χ3v) is 4.55. The van der Waals surface area contributed by atoms with Gasteiger partial charge in [0, 0.05) is 23.0 Å². The number of aryl methyl sites for hydroxylation is 1. The zero-order chi connectivity index (χ0) is 17.1. The van der Waals surface area contributed by atoms with E-state index in [-0.39, 0.29) is 5.92 Å². The number of ether oxygens (including phenoxy) is 2. The number of benzene rings is 2. The summed E-state index contributed by atoms with van der Waals surface area (Å²) in [6, 6.07) is 12.3. The second-order valence-corrected chi connectivity index (χ2v) is 6.11. The minimum Gasteiger partial charge on any atom is -0.497 e. The van der Waals surface area contributed by atoms with Crippen molar-refractivity contribution in [3.05, 3.63) is 59.3 Å². The van der Waals surface area contributed by atoms with Crippen LogP contribution in [0.1, 0.15) is 22.6 Å². The first-order chi connectivity index (χ1) is 11.7. The van der Waals surface area contributed by atoms with E-state index >= 15 is 0 Å². The number of H-pyrrole nitrogens is 1. The molecule has 3 rings (SSSR count). The Morgan fingerprint density at radius 3 is 2.62 bits per heavy atom. The average Bonchev–Trinajstić information content (AvgIpc) is 3.02. The van der Waals surface area contributed by atoms with Crippen LogP contribution >= 0.6 is 0 Å². The van der Waals surface area contributed by atoms with E-state index in [0.717, 1.165) is 29.0 Å². The fourth-order valence-electron chi connectivity index (χ4n) is 3.22. The van der Waals surface area contributed by atoms with Crippen LogP contribution in [-0.2, 0) is 6.42 Å². The number of rotatable bonds is 6. The maximum Gasteiger partial charge on any atom is 0.122 e. The van der Waals surface area contributed by atoms with Gasteiger partial charge in [-0.3, -0.25) is 0 Å². The summed E-state index contributed by atoms with van der Waals surface area (Å²) < 4.78 is 10.9. The van der Waals surface area contributed by atoms with Crippen molar-refractivity contribution < 1.29 is 9.47 Å². The molecule has 126 valence electrons. The van der Waals surface area contributed by atoms with E-state index in [4.69, 9.17) is 15.2 Å². The number of methoxy groups -OCH3 is 2. The Morgan fingerprint density at radius 1 is 1.08 bits per heavy atom. The van der Waals surface area contributed by atoms with E-state index in [1.54, 1.807) is 14.2 Å². The Balaban J connectivity index is 1.98. The van der Waals surface area contributed by atoms with Crippen LogP contribution in [0.2, 0.25) is 0 Å². The average molecular weight is 324 g/mol. The van der Waals surface area contributed by atoms with Crippen LogP contribution in [0.4, 0.5) is 0 Å². The lowest BCUT2D eigenvalue weighted by molar-refractivity contribution is 0.397. The van der Waals surface area contributed by atoms with Gasteiger partial charge < -0.3 is 20.2 Å². The monoisotopic (exact) mass is 324 g/mol. The lowest BCUT2D eigenvalue weighted by Gasteiger charge is -2.17. The number of fused-ring (bicyclic) bond motifs is 1. The summed E-state index contributed by atoms with van der Waals surface area (Å²) in [4.78, 5) is 3.36. The van der Waals surface area contributed by atoms with Gasteiger partial charge in [-0.15, -0.1) is 0 Å². The molecule has 1 unspecified atom stereocenters. The number of hydrogen-bond acceptors (Lipinski definition) is 3. The van der Waals surface area contributed by atoms with E-state index in [2.05, 4.69) is 36.3 Å². The maximum absolute atomic E-state index is 6.12. The van der Waals surface area contributed by atoms with Crippen LogP contribution in [0.25, 0.3) is 10.9 Å². The van der Waals surface area contributed by atoms with Gasteiger partial charge in [-0.05, 0) is 61.3 Å². The molecule has 0 saturated carbocycles. The standard InChI is InChI=1S/C20H24N2O2/c1-13-4-6-19-17(8-13)18(12-22-19)15(11-21)9-14-10-16(23-2)5-7-20(14)24-3/h4-8,10,12,15,22H,9,11,21H2,1-3H3. The Bertz CT molecular complexity index is 839. The minimum atomic E-state index is 0.210. The van der Waals surface area contributed by atoms with Crippen LogP contribution in [-0.4, -0.2) is 25.7 Å². The lowest BCUT2D eigenvalue weighted by Crippen LogP contribution is -2.15. The first kappa shape index (κ1) is 16.4. The Morgan fingerprint density at radius 2 is 1.92 bits per heavy atom. The Labute approximate surface area is 142 Å². The molecule has 0 fully saturated rings. The van der Waals surface area contributed by atoms with E-state index in [0.29, 0.717) is 6.54 Å². The molecule has 1 atom stereocenters. The SMILES string of the molecule is COc1ccc(OC)c(CC(CN)c2c[nH]c3ccc(C)cc23)c1. The second kappa shape index (κ2) is 6.97. The molecule has 2 aromatic carbocycles. The number of aromatic nitrogens is 1. The largest absolute Gasteiger partial charge is 0.497 e.